The number of carbonyl (C=O) groups is 4. The van der Waals surface area contributed by atoms with Gasteiger partial charge in [0.2, 0.25) is 0 Å². The van der Waals surface area contributed by atoms with Crippen LogP contribution in [0.25, 0.3) is 0 Å². The fourth-order valence-electron chi connectivity index (χ4n) is 8.34. The monoisotopic (exact) mass is 1030 g/mol. The number of aliphatic hydroxyl groups excluding tert-OH is 2. The predicted octanol–water partition coefficient (Wildman–Crippen LogP) is 14.6. The van der Waals surface area contributed by atoms with Crippen molar-refractivity contribution in [2.75, 3.05) is 13.2 Å². The molecule has 1 aliphatic heterocycles. The third-order valence-electron chi connectivity index (χ3n) is 12.7. The van der Waals surface area contributed by atoms with E-state index in [9.17, 15) is 34.5 Å². The molecule has 3 N–H and O–H groups in total. The summed E-state index contributed by atoms with van der Waals surface area (Å²) in [4.78, 5) is 51.0. The molecule has 6 unspecified atom stereocenters. The van der Waals surface area contributed by atoms with E-state index in [0.717, 1.165) is 122 Å². The maximum atomic E-state index is 13.1. The van der Waals surface area contributed by atoms with Crippen LogP contribution in [0.5, 0.6) is 0 Å². The predicted molar refractivity (Wildman–Crippen MR) is 294 cm³/mol. The lowest BCUT2D eigenvalue weighted by atomic mass is 9.98. The number of hydrogen-bond donors (Lipinski definition) is 3. The molecular formula is C61H102O12. The SMILES string of the molecule is CC/C=C\C/C=C\C/C=C\C/C=C\CCCCCCC(=O)OCC(COC1OC(C(=O)O)C(O)C(O)C1OC(=O)CCCCCCC/C=C\C/C=C\CCC)OC(=O)CCCCCCCCCCCCCCC. The quantitative estimate of drug-likeness (QED) is 0.0228. The maximum Gasteiger partial charge on any atom is 0.335 e. The molecule has 1 saturated heterocycles. The number of aliphatic carboxylic acids is 1. The van der Waals surface area contributed by atoms with E-state index < -0.39 is 67.3 Å². The standard InChI is InChI=1S/C61H102O12/c1-4-7-10-13-16-19-22-25-26-27-28-31-32-35-38-41-44-47-53(62)69-50-52(71-54(63)48-45-42-39-36-33-29-23-20-17-14-11-8-5-2)51-70-61-59(57(66)56(65)58(73-61)60(67)68)72-55(64)49-46-43-40-37-34-30-24-21-18-15-12-9-6-3/h7,10,12,15-16,19,21,24-26,28,31,52,56-59,61,65-66H,4-6,8-9,11,13-14,17-18,20,22-23,27,29-30,32-51H2,1-3H3,(H,67,68)/b10-7-,15-12-,19-16-,24-21-,26-25-,31-28-. The second-order valence-corrected chi connectivity index (χ2v) is 19.5. The first-order valence-corrected chi connectivity index (χ1v) is 28.9. The van der Waals surface area contributed by atoms with Gasteiger partial charge in [-0.2, -0.15) is 0 Å². The molecule has 73 heavy (non-hydrogen) atoms. The number of allylic oxidation sites excluding steroid dienone is 12. The van der Waals surface area contributed by atoms with Gasteiger partial charge in [0.15, 0.2) is 24.6 Å². The van der Waals surface area contributed by atoms with Crippen LogP contribution in [0, 0.1) is 0 Å². The van der Waals surface area contributed by atoms with Crippen LogP contribution in [-0.2, 0) is 42.9 Å². The van der Waals surface area contributed by atoms with Crippen LogP contribution in [0.4, 0.5) is 0 Å². The zero-order chi connectivity index (χ0) is 53.3. The Hall–Kier alpha value is -3.84. The van der Waals surface area contributed by atoms with Crippen molar-refractivity contribution in [1.82, 2.24) is 0 Å². The number of ether oxygens (including phenoxy) is 5. The van der Waals surface area contributed by atoms with Gasteiger partial charge in [-0.05, 0) is 83.5 Å². The van der Waals surface area contributed by atoms with Crippen LogP contribution in [0.1, 0.15) is 239 Å². The fourth-order valence-corrected chi connectivity index (χ4v) is 8.34. The van der Waals surface area contributed by atoms with Gasteiger partial charge >= 0.3 is 23.9 Å². The van der Waals surface area contributed by atoms with Gasteiger partial charge in [-0.25, -0.2) is 4.79 Å². The summed E-state index contributed by atoms with van der Waals surface area (Å²) in [6, 6.07) is 0. The summed E-state index contributed by atoms with van der Waals surface area (Å²) in [7, 11) is 0. The third kappa shape index (κ3) is 39.3. The Labute approximate surface area is 442 Å². The van der Waals surface area contributed by atoms with Gasteiger partial charge in [-0.15, -0.1) is 0 Å². The molecule has 0 aromatic heterocycles. The van der Waals surface area contributed by atoms with Crippen LogP contribution < -0.4 is 0 Å². The number of carbonyl (C=O) groups excluding carboxylic acids is 3. The molecule has 12 heteroatoms. The number of hydrogen-bond acceptors (Lipinski definition) is 11. The van der Waals surface area contributed by atoms with E-state index in [0.29, 0.717) is 19.3 Å². The Kier molecular flexibility index (Phi) is 45.1. The lowest BCUT2D eigenvalue weighted by molar-refractivity contribution is -0.301. The van der Waals surface area contributed by atoms with E-state index in [-0.39, 0.29) is 25.9 Å². The number of carboxylic acid groups (broad SMARTS) is 1. The highest BCUT2D eigenvalue weighted by atomic mass is 16.7. The van der Waals surface area contributed by atoms with Crippen molar-refractivity contribution in [2.45, 2.75) is 276 Å². The molecule has 1 rings (SSSR count). The van der Waals surface area contributed by atoms with Gasteiger partial charge in [0.25, 0.3) is 0 Å². The van der Waals surface area contributed by atoms with E-state index in [2.05, 4.69) is 93.7 Å². The summed E-state index contributed by atoms with van der Waals surface area (Å²) < 4.78 is 28.4. The Morgan fingerprint density at radius 2 is 0.890 bits per heavy atom. The Bertz CT molecular complexity index is 1550. The van der Waals surface area contributed by atoms with E-state index >= 15 is 0 Å². The van der Waals surface area contributed by atoms with Crippen molar-refractivity contribution in [3.63, 3.8) is 0 Å². The van der Waals surface area contributed by atoms with Crippen molar-refractivity contribution in [1.29, 1.82) is 0 Å². The van der Waals surface area contributed by atoms with Crippen LogP contribution in [0.15, 0.2) is 72.9 Å². The minimum absolute atomic E-state index is 0.0407. The lowest BCUT2D eigenvalue weighted by Crippen LogP contribution is -2.61. The first-order chi connectivity index (χ1) is 35.6. The van der Waals surface area contributed by atoms with Crippen molar-refractivity contribution in [3.8, 4) is 0 Å². The molecular weight excluding hydrogens is 925 g/mol. The van der Waals surface area contributed by atoms with Crippen LogP contribution >= 0.6 is 0 Å². The van der Waals surface area contributed by atoms with Crippen LogP contribution in [0.3, 0.4) is 0 Å². The average Bonchev–Trinajstić information content (AvgIpc) is 3.37. The molecule has 0 spiro atoms. The first-order valence-electron chi connectivity index (χ1n) is 28.9. The number of unbranched alkanes of at least 4 members (excludes halogenated alkanes) is 22. The Balaban J connectivity index is 2.72. The van der Waals surface area contributed by atoms with E-state index in [1.54, 1.807) is 0 Å². The Morgan fingerprint density at radius 3 is 1.37 bits per heavy atom. The zero-order valence-corrected chi connectivity index (χ0v) is 45.9. The lowest BCUT2D eigenvalue weighted by Gasteiger charge is -2.40. The van der Waals surface area contributed by atoms with Gasteiger partial charge in [-0.1, -0.05) is 209 Å². The largest absolute Gasteiger partial charge is 0.479 e. The fraction of sp³-hybridized carbons (Fsp3) is 0.738. The molecule has 0 aromatic carbocycles. The highest BCUT2D eigenvalue weighted by Gasteiger charge is 2.50. The normalized spacial score (nSPS) is 18.8. The summed E-state index contributed by atoms with van der Waals surface area (Å²) >= 11 is 0. The van der Waals surface area contributed by atoms with Gasteiger partial charge in [-0.3, -0.25) is 14.4 Å². The molecule has 418 valence electrons. The minimum atomic E-state index is -1.91. The Morgan fingerprint density at radius 1 is 0.466 bits per heavy atom. The molecule has 0 aromatic rings. The molecule has 12 nitrogen and oxygen atoms in total. The summed E-state index contributed by atoms with van der Waals surface area (Å²) in [5.74, 6) is -3.16. The van der Waals surface area contributed by atoms with Gasteiger partial charge in [0.1, 0.15) is 18.8 Å². The second-order valence-electron chi connectivity index (χ2n) is 19.5. The highest BCUT2D eigenvalue weighted by Crippen LogP contribution is 2.26. The van der Waals surface area contributed by atoms with E-state index in [1.165, 1.54) is 57.8 Å². The first kappa shape index (κ1) is 67.2. The van der Waals surface area contributed by atoms with Crippen LogP contribution in [0.2, 0.25) is 0 Å². The molecule has 1 aliphatic rings. The molecule has 1 heterocycles. The van der Waals surface area contributed by atoms with Crippen molar-refractivity contribution < 1.29 is 58.2 Å². The maximum absolute atomic E-state index is 13.1. The van der Waals surface area contributed by atoms with Crippen LogP contribution in [-0.4, -0.2) is 89.2 Å². The van der Waals surface area contributed by atoms with E-state index in [1.807, 2.05) is 0 Å². The smallest absolute Gasteiger partial charge is 0.335 e. The summed E-state index contributed by atoms with van der Waals surface area (Å²) in [5.41, 5.74) is 0. The van der Waals surface area contributed by atoms with Gasteiger partial charge < -0.3 is 39.0 Å². The second kappa shape index (κ2) is 49.1. The molecule has 1 fully saturated rings. The number of aliphatic hydroxyl groups is 2. The van der Waals surface area contributed by atoms with E-state index in [4.69, 9.17) is 23.7 Å². The molecule has 0 saturated carbocycles. The number of esters is 3. The van der Waals surface area contributed by atoms with Crippen molar-refractivity contribution in [3.05, 3.63) is 72.9 Å². The number of carboxylic acids is 1. The third-order valence-corrected chi connectivity index (χ3v) is 12.7. The molecule has 0 bridgehead atoms. The zero-order valence-electron chi connectivity index (χ0n) is 45.9. The highest BCUT2D eigenvalue weighted by molar-refractivity contribution is 5.74. The molecule has 0 amide bonds. The minimum Gasteiger partial charge on any atom is -0.479 e. The summed E-state index contributed by atoms with van der Waals surface area (Å²) in [6.45, 7) is 5.78. The average molecular weight is 1030 g/mol. The molecule has 6 atom stereocenters. The topological polar surface area (TPSA) is 175 Å². The summed E-state index contributed by atoms with van der Waals surface area (Å²) in [5, 5.41) is 31.4. The number of rotatable bonds is 48. The molecule has 0 radical (unpaired) electrons. The van der Waals surface area contributed by atoms with Crippen molar-refractivity contribution >= 4 is 23.9 Å². The van der Waals surface area contributed by atoms with Gasteiger partial charge in [0.05, 0.1) is 6.61 Å². The van der Waals surface area contributed by atoms with Crippen molar-refractivity contribution in [2.24, 2.45) is 0 Å². The summed E-state index contributed by atoms with van der Waals surface area (Å²) in [6.07, 6.45) is 48.7. The van der Waals surface area contributed by atoms with Gasteiger partial charge in [0, 0.05) is 19.3 Å². The molecule has 0 aliphatic carbocycles.